The van der Waals surface area contributed by atoms with Gasteiger partial charge in [-0.25, -0.2) is 0 Å². The Hall–Kier alpha value is -0.870. The number of aromatic nitrogens is 2. The van der Waals surface area contributed by atoms with Crippen molar-refractivity contribution in [1.29, 1.82) is 0 Å². The molecule has 1 aromatic heterocycles. The summed E-state index contributed by atoms with van der Waals surface area (Å²) in [5.41, 5.74) is 0.102. The standard InChI is InChI=1S/C13H25N3O/c1-5-8-16-10-12(9-15-16)13(4,17)6-7-14-11(2)3/h9-11,14,17H,5-8H2,1-4H3. The molecule has 17 heavy (non-hydrogen) atoms. The zero-order valence-corrected chi connectivity index (χ0v) is 11.4. The van der Waals surface area contributed by atoms with Gasteiger partial charge in [0.1, 0.15) is 0 Å². The van der Waals surface area contributed by atoms with Gasteiger partial charge < -0.3 is 10.4 Å². The van der Waals surface area contributed by atoms with Crippen molar-refractivity contribution in [3.8, 4) is 0 Å². The Balaban J connectivity index is 2.55. The van der Waals surface area contributed by atoms with E-state index in [1.165, 1.54) is 0 Å². The molecule has 4 heteroatoms. The zero-order chi connectivity index (χ0) is 12.9. The van der Waals surface area contributed by atoms with Gasteiger partial charge in [0, 0.05) is 24.3 Å². The van der Waals surface area contributed by atoms with Gasteiger partial charge in [0.05, 0.1) is 11.8 Å². The zero-order valence-electron chi connectivity index (χ0n) is 11.4. The smallest absolute Gasteiger partial charge is 0.0911 e. The number of nitrogens with one attached hydrogen (secondary N) is 1. The average molecular weight is 239 g/mol. The second kappa shape index (κ2) is 6.17. The van der Waals surface area contributed by atoms with Crippen molar-refractivity contribution in [3.05, 3.63) is 18.0 Å². The lowest BCUT2D eigenvalue weighted by Crippen LogP contribution is -2.31. The molecule has 1 rings (SSSR count). The van der Waals surface area contributed by atoms with Gasteiger partial charge in [0.15, 0.2) is 0 Å². The third kappa shape index (κ3) is 4.48. The van der Waals surface area contributed by atoms with Crippen LogP contribution in [0.3, 0.4) is 0 Å². The Kier molecular flexibility index (Phi) is 5.15. The Labute approximate surface area is 104 Å². The van der Waals surface area contributed by atoms with Crippen molar-refractivity contribution in [2.45, 2.75) is 58.7 Å². The van der Waals surface area contributed by atoms with Gasteiger partial charge in [0.25, 0.3) is 0 Å². The van der Waals surface area contributed by atoms with E-state index >= 15 is 0 Å². The van der Waals surface area contributed by atoms with Gasteiger partial charge in [-0.1, -0.05) is 20.8 Å². The van der Waals surface area contributed by atoms with Crippen LogP contribution in [0.5, 0.6) is 0 Å². The van der Waals surface area contributed by atoms with Gasteiger partial charge in [-0.2, -0.15) is 5.10 Å². The van der Waals surface area contributed by atoms with E-state index in [9.17, 15) is 5.11 Å². The van der Waals surface area contributed by atoms with Crippen LogP contribution in [0, 0.1) is 0 Å². The second-order valence-electron chi connectivity index (χ2n) is 5.12. The molecule has 0 fully saturated rings. The molecule has 1 heterocycles. The lowest BCUT2D eigenvalue weighted by atomic mass is 9.95. The molecule has 0 aliphatic heterocycles. The first-order valence-corrected chi connectivity index (χ1v) is 6.44. The quantitative estimate of drug-likeness (QED) is 0.764. The summed E-state index contributed by atoms with van der Waals surface area (Å²) in [6.07, 6.45) is 5.46. The normalized spacial score (nSPS) is 15.2. The molecule has 1 unspecified atom stereocenters. The maximum atomic E-state index is 10.4. The average Bonchev–Trinajstić information content (AvgIpc) is 2.66. The van der Waals surface area contributed by atoms with Crippen molar-refractivity contribution < 1.29 is 5.11 Å². The first-order valence-electron chi connectivity index (χ1n) is 6.44. The van der Waals surface area contributed by atoms with Crippen LogP contribution >= 0.6 is 0 Å². The molecule has 0 aliphatic rings. The molecule has 0 aliphatic carbocycles. The molecule has 4 nitrogen and oxygen atoms in total. The Bertz CT molecular complexity index is 331. The molecular formula is C13H25N3O. The van der Waals surface area contributed by atoms with Crippen LogP contribution in [0.25, 0.3) is 0 Å². The fourth-order valence-electron chi connectivity index (χ4n) is 1.74. The van der Waals surface area contributed by atoms with Crippen molar-refractivity contribution in [1.82, 2.24) is 15.1 Å². The number of nitrogens with zero attached hydrogens (tertiary/aromatic N) is 2. The first-order chi connectivity index (χ1) is 7.95. The van der Waals surface area contributed by atoms with Gasteiger partial charge in [-0.15, -0.1) is 0 Å². The van der Waals surface area contributed by atoms with Crippen LogP contribution in [0.4, 0.5) is 0 Å². The van der Waals surface area contributed by atoms with E-state index in [-0.39, 0.29) is 0 Å². The van der Waals surface area contributed by atoms with E-state index < -0.39 is 5.60 Å². The third-order valence-electron chi connectivity index (χ3n) is 2.87. The molecular weight excluding hydrogens is 214 g/mol. The highest BCUT2D eigenvalue weighted by atomic mass is 16.3. The van der Waals surface area contributed by atoms with E-state index in [0.717, 1.165) is 25.1 Å². The first kappa shape index (κ1) is 14.2. The molecule has 1 atom stereocenters. The van der Waals surface area contributed by atoms with Crippen molar-refractivity contribution in [3.63, 3.8) is 0 Å². The van der Waals surface area contributed by atoms with E-state index in [1.807, 2.05) is 17.8 Å². The number of hydrogen-bond acceptors (Lipinski definition) is 3. The molecule has 98 valence electrons. The molecule has 0 amide bonds. The molecule has 0 spiro atoms. The van der Waals surface area contributed by atoms with Crippen LogP contribution in [0.2, 0.25) is 0 Å². The minimum atomic E-state index is -0.798. The van der Waals surface area contributed by atoms with Crippen LogP contribution < -0.4 is 5.32 Å². The van der Waals surface area contributed by atoms with Crippen molar-refractivity contribution in [2.75, 3.05) is 6.54 Å². The topological polar surface area (TPSA) is 50.1 Å². The summed E-state index contributed by atoms with van der Waals surface area (Å²) >= 11 is 0. The van der Waals surface area contributed by atoms with Gasteiger partial charge in [0.2, 0.25) is 0 Å². The van der Waals surface area contributed by atoms with E-state index in [1.54, 1.807) is 6.20 Å². The van der Waals surface area contributed by atoms with Crippen LogP contribution in [-0.2, 0) is 12.1 Å². The van der Waals surface area contributed by atoms with E-state index in [2.05, 4.69) is 31.2 Å². The predicted molar refractivity (Wildman–Crippen MR) is 69.8 cm³/mol. The number of hydrogen-bond donors (Lipinski definition) is 2. The lowest BCUT2D eigenvalue weighted by molar-refractivity contribution is 0.0474. The monoisotopic (exact) mass is 239 g/mol. The van der Waals surface area contributed by atoms with Crippen LogP contribution in [-0.4, -0.2) is 27.5 Å². The lowest BCUT2D eigenvalue weighted by Gasteiger charge is -2.22. The summed E-state index contributed by atoms with van der Waals surface area (Å²) in [6, 6.07) is 0.452. The van der Waals surface area contributed by atoms with Crippen molar-refractivity contribution >= 4 is 0 Å². The summed E-state index contributed by atoms with van der Waals surface area (Å²) in [7, 11) is 0. The molecule has 0 radical (unpaired) electrons. The second-order valence-corrected chi connectivity index (χ2v) is 5.12. The van der Waals surface area contributed by atoms with Gasteiger partial charge in [-0.05, 0) is 26.3 Å². The molecule has 0 bridgehead atoms. The maximum absolute atomic E-state index is 10.4. The number of aryl methyl sites for hydroxylation is 1. The fraction of sp³-hybridized carbons (Fsp3) is 0.769. The Morgan fingerprint density at radius 2 is 2.24 bits per heavy atom. The minimum Gasteiger partial charge on any atom is -0.385 e. The summed E-state index contributed by atoms with van der Waals surface area (Å²) in [4.78, 5) is 0. The summed E-state index contributed by atoms with van der Waals surface area (Å²) in [5, 5.41) is 18.0. The van der Waals surface area contributed by atoms with Gasteiger partial charge >= 0.3 is 0 Å². The fourth-order valence-corrected chi connectivity index (χ4v) is 1.74. The maximum Gasteiger partial charge on any atom is 0.0911 e. The molecule has 2 N–H and O–H groups in total. The van der Waals surface area contributed by atoms with Crippen molar-refractivity contribution in [2.24, 2.45) is 0 Å². The Morgan fingerprint density at radius 3 is 2.82 bits per heavy atom. The van der Waals surface area contributed by atoms with E-state index in [4.69, 9.17) is 0 Å². The van der Waals surface area contributed by atoms with E-state index in [0.29, 0.717) is 12.5 Å². The predicted octanol–water partition coefficient (Wildman–Crippen LogP) is 1.89. The minimum absolute atomic E-state index is 0.452. The SMILES string of the molecule is CCCn1cc(C(C)(O)CCNC(C)C)cn1. The highest BCUT2D eigenvalue weighted by Crippen LogP contribution is 2.23. The van der Waals surface area contributed by atoms with Crippen LogP contribution in [0.15, 0.2) is 12.4 Å². The molecule has 0 saturated carbocycles. The molecule has 0 aromatic carbocycles. The van der Waals surface area contributed by atoms with Crippen LogP contribution in [0.1, 0.15) is 46.1 Å². The summed E-state index contributed by atoms with van der Waals surface area (Å²) in [6.45, 7) is 9.89. The highest BCUT2D eigenvalue weighted by molar-refractivity contribution is 5.13. The highest BCUT2D eigenvalue weighted by Gasteiger charge is 2.24. The number of rotatable bonds is 7. The third-order valence-corrected chi connectivity index (χ3v) is 2.87. The summed E-state index contributed by atoms with van der Waals surface area (Å²) < 4.78 is 1.89. The largest absolute Gasteiger partial charge is 0.385 e. The Morgan fingerprint density at radius 1 is 1.53 bits per heavy atom. The summed E-state index contributed by atoms with van der Waals surface area (Å²) in [5.74, 6) is 0. The molecule has 1 aromatic rings. The number of aliphatic hydroxyl groups is 1. The van der Waals surface area contributed by atoms with Gasteiger partial charge in [-0.3, -0.25) is 4.68 Å². The molecule has 0 saturated heterocycles.